The Bertz CT molecular complexity index is 845. The van der Waals surface area contributed by atoms with E-state index in [1.165, 1.54) is 0 Å². The lowest BCUT2D eigenvalue weighted by molar-refractivity contribution is 0.102. The number of rotatable bonds is 2. The second-order valence-electron chi connectivity index (χ2n) is 4.48. The van der Waals surface area contributed by atoms with Crippen LogP contribution < -0.4 is 5.32 Å². The summed E-state index contributed by atoms with van der Waals surface area (Å²) >= 11 is 2.88. The fourth-order valence-corrected chi connectivity index (χ4v) is 2.32. The molecule has 1 amide bonds. The molecule has 3 rings (SSSR count). The zero-order valence-corrected chi connectivity index (χ0v) is 12.2. The molecular formula is C15H9BrF2N2O. The van der Waals surface area contributed by atoms with E-state index in [0.29, 0.717) is 5.56 Å². The molecule has 0 saturated heterocycles. The SMILES string of the molecule is O=C(Nc1cc(F)c(Br)cc1F)c1ccc2cc[nH]c2c1. The van der Waals surface area contributed by atoms with Crippen LogP contribution in [0.1, 0.15) is 10.4 Å². The smallest absolute Gasteiger partial charge is 0.255 e. The molecule has 0 bridgehead atoms. The maximum atomic E-state index is 13.7. The van der Waals surface area contributed by atoms with Crippen molar-refractivity contribution in [2.75, 3.05) is 5.32 Å². The van der Waals surface area contributed by atoms with E-state index in [1.807, 2.05) is 6.07 Å². The maximum absolute atomic E-state index is 13.7. The van der Waals surface area contributed by atoms with Crippen molar-refractivity contribution in [2.24, 2.45) is 0 Å². The summed E-state index contributed by atoms with van der Waals surface area (Å²) in [5.41, 5.74) is 0.949. The number of nitrogens with one attached hydrogen (secondary N) is 2. The highest BCUT2D eigenvalue weighted by Crippen LogP contribution is 2.24. The van der Waals surface area contributed by atoms with Gasteiger partial charge in [0.2, 0.25) is 0 Å². The van der Waals surface area contributed by atoms with Gasteiger partial charge in [0.15, 0.2) is 0 Å². The zero-order valence-electron chi connectivity index (χ0n) is 10.6. The second kappa shape index (κ2) is 5.29. The van der Waals surface area contributed by atoms with Gasteiger partial charge in [-0.05, 0) is 45.6 Å². The van der Waals surface area contributed by atoms with Gasteiger partial charge in [-0.15, -0.1) is 0 Å². The van der Waals surface area contributed by atoms with Crippen LogP contribution in [0.5, 0.6) is 0 Å². The van der Waals surface area contributed by atoms with Crippen molar-refractivity contribution < 1.29 is 13.6 Å². The molecule has 3 aromatic rings. The summed E-state index contributed by atoms with van der Waals surface area (Å²) < 4.78 is 27.1. The molecule has 0 saturated carbocycles. The number of carbonyl (C=O) groups excluding carboxylic acids is 1. The van der Waals surface area contributed by atoms with Crippen molar-refractivity contribution in [3.8, 4) is 0 Å². The Morgan fingerprint density at radius 3 is 2.71 bits per heavy atom. The molecule has 2 N–H and O–H groups in total. The molecule has 2 aromatic carbocycles. The molecular weight excluding hydrogens is 342 g/mol. The fourth-order valence-electron chi connectivity index (χ4n) is 2.00. The monoisotopic (exact) mass is 350 g/mol. The van der Waals surface area contributed by atoms with Crippen molar-refractivity contribution in [1.82, 2.24) is 4.98 Å². The molecule has 1 heterocycles. The number of halogens is 3. The molecule has 106 valence electrons. The van der Waals surface area contributed by atoms with E-state index in [9.17, 15) is 13.6 Å². The molecule has 0 unspecified atom stereocenters. The number of amides is 1. The minimum Gasteiger partial charge on any atom is -0.361 e. The van der Waals surface area contributed by atoms with Crippen molar-refractivity contribution in [1.29, 1.82) is 0 Å². The average Bonchev–Trinajstić information content (AvgIpc) is 2.92. The van der Waals surface area contributed by atoms with Crippen molar-refractivity contribution in [3.05, 3.63) is 64.3 Å². The zero-order chi connectivity index (χ0) is 15.0. The first-order valence-electron chi connectivity index (χ1n) is 6.07. The molecule has 0 aliphatic rings. The molecule has 1 aromatic heterocycles. The first-order chi connectivity index (χ1) is 10.0. The lowest BCUT2D eigenvalue weighted by Gasteiger charge is -2.07. The first-order valence-corrected chi connectivity index (χ1v) is 6.87. The number of benzene rings is 2. The minimum atomic E-state index is -0.711. The number of hydrogen-bond donors (Lipinski definition) is 2. The molecule has 0 spiro atoms. The Balaban J connectivity index is 1.90. The van der Waals surface area contributed by atoms with Crippen LogP contribution in [-0.2, 0) is 0 Å². The third-order valence-corrected chi connectivity index (χ3v) is 3.68. The summed E-state index contributed by atoms with van der Waals surface area (Å²) in [4.78, 5) is 15.1. The van der Waals surface area contributed by atoms with E-state index in [0.717, 1.165) is 23.0 Å². The second-order valence-corrected chi connectivity index (χ2v) is 5.33. The van der Waals surface area contributed by atoms with Crippen LogP contribution >= 0.6 is 15.9 Å². The van der Waals surface area contributed by atoms with Crippen LogP contribution in [0.4, 0.5) is 14.5 Å². The molecule has 0 radical (unpaired) electrons. The quantitative estimate of drug-likeness (QED) is 0.658. The number of aromatic nitrogens is 1. The van der Waals surface area contributed by atoms with Gasteiger partial charge in [0, 0.05) is 23.3 Å². The van der Waals surface area contributed by atoms with Gasteiger partial charge in [0.05, 0.1) is 10.2 Å². The van der Waals surface area contributed by atoms with E-state index < -0.39 is 17.5 Å². The Hall–Kier alpha value is -2.21. The molecule has 0 aliphatic carbocycles. The highest BCUT2D eigenvalue weighted by Gasteiger charge is 2.13. The lowest BCUT2D eigenvalue weighted by Crippen LogP contribution is -2.13. The number of hydrogen-bond acceptors (Lipinski definition) is 1. The van der Waals surface area contributed by atoms with Crippen LogP contribution in [0, 0.1) is 11.6 Å². The highest BCUT2D eigenvalue weighted by atomic mass is 79.9. The summed E-state index contributed by atoms with van der Waals surface area (Å²) in [6.45, 7) is 0. The molecule has 21 heavy (non-hydrogen) atoms. The Morgan fingerprint density at radius 2 is 1.90 bits per heavy atom. The van der Waals surface area contributed by atoms with Gasteiger partial charge >= 0.3 is 0 Å². The van der Waals surface area contributed by atoms with Crippen LogP contribution in [0.2, 0.25) is 0 Å². The third kappa shape index (κ3) is 2.67. The van der Waals surface area contributed by atoms with Crippen LogP contribution in [-0.4, -0.2) is 10.9 Å². The predicted molar refractivity (Wildman–Crippen MR) is 80.3 cm³/mol. The lowest BCUT2D eigenvalue weighted by atomic mass is 10.1. The van der Waals surface area contributed by atoms with Gasteiger partial charge in [0.1, 0.15) is 11.6 Å². The summed E-state index contributed by atoms with van der Waals surface area (Å²) in [6, 6.07) is 8.83. The van der Waals surface area contributed by atoms with Crippen molar-refractivity contribution in [3.63, 3.8) is 0 Å². The molecule has 0 atom stereocenters. The molecule has 0 fully saturated rings. The average molecular weight is 351 g/mol. The van der Waals surface area contributed by atoms with Gasteiger partial charge in [-0.1, -0.05) is 6.07 Å². The number of aromatic amines is 1. The molecule has 3 nitrogen and oxygen atoms in total. The van der Waals surface area contributed by atoms with Crippen LogP contribution in [0.15, 0.2) is 47.1 Å². The standard InChI is InChI=1S/C15H9BrF2N2O/c16-10-6-12(18)14(7-11(10)17)20-15(21)9-2-1-8-3-4-19-13(8)5-9/h1-7,19H,(H,20,21). The summed E-state index contributed by atoms with van der Waals surface area (Å²) in [6.07, 6.45) is 1.76. The maximum Gasteiger partial charge on any atom is 0.255 e. The van der Waals surface area contributed by atoms with E-state index in [1.54, 1.807) is 24.4 Å². The van der Waals surface area contributed by atoms with Crippen LogP contribution in [0.25, 0.3) is 10.9 Å². The predicted octanol–water partition coefficient (Wildman–Crippen LogP) is 4.46. The van der Waals surface area contributed by atoms with E-state index >= 15 is 0 Å². The normalized spacial score (nSPS) is 10.8. The van der Waals surface area contributed by atoms with Crippen LogP contribution in [0.3, 0.4) is 0 Å². The Morgan fingerprint density at radius 1 is 1.10 bits per heavy atom. The minimum absolute atomic E-state index is 0.00537. The Labute approximate surface area is 127 Å². The molecule has 6 heteroatoms. The third-order valence-electron chi connectivity index (χ3n) is 3.08. The van der Waals surface area contributed by atoms with Gasteiger partial charge in [-0.3, -0.25) is 4.79 Å². The largest absolute Gasteiger partial charge is 0.361 e. The number of H-pyrrole nitrogens is 1. The fraction of sp³-hybridized carbons (Fsp3) is 0. The van der Waals surface area contributed by atoms with Gasteiger partial charge in [-0.25, -0.2) is 8.78 Å². The summed E-state index contributed by atoms with van der Waals surface area (Å²) in [7, 11) is 0. The Kier molecular flexibility index (Phi) is 3.47. The van der Waals surface area contributed by atoms with Gasteiger partial charge in [0.25, 0.3) is 5.91 Å². The number of carbonyl (C=O) groups is 1. The number of fused-ring (bicyclic) bond motifs is 1. The van der Waals surface area contributed by atoms with Crippen molar-refractivity contribution in [2.45, 2.75) is 0 Å². The topological polar surface area (TPSA) is 44.9 Å². The van der Waals surface area contributed by atoms with Crippen molar-refractivity contribution >= 4 is 38.4 Å². The number of anilines is 1. The highest BCUT2D eigenvalue weighted by molar-refractivity contribution is 9.10. The first kappa shape index (κ1) is 13.8. The van der Waals surface area contributed by atoms with E-state index in [-0.39, 0.29) is 10.2 Å². The van der Waals surface area contributed by atoms with Gasteiger partial charge < -0.3 is 10.3 Å². The van der Waals surface area contributed by atoms with E-state index in [4.69, 9.17) is 0 Å². The summed E-state index contributed by atoms with van der Waals surface area (Å²) in [5.74, 6) is -1.86. The summed E-state index contributed by atoms with van der Waals surface area (Å²) in [5, 5.41) is 3.33. The van der Waals surface area contributed by atoms with Gasteiger partial charge in [-0.2, -0.15) is 0 Å². The molecule has 0 aliphatic heterocycles. The van der Waals surface area contributed by atoms with E-state index in [2.05, 4.69) is 26.2 Å².